The van der Waals surface area contributed by atoms with Crippen molar-refractivity contribution in [2.75, 3.05) is 17.2 Å². The minimum absolute atomic E-state index is 0.183. The number of benzene rings is 3. The Hall–Kier alpha value is -4.46. The van der Waals surface area contributed by atoms with Gasteiger partial charge in [-0.2, -0.15) is 5.10 Å². The van der Waals surface area contributed by atoms with Crippen LogP contribution in [0.25, 0.3) is 22.8 Å². The van der Waals surface area contributed by atoms with Gasteiger partial charge in [-0.1, -0.05) is 54.6 Å². The zero-order valence-electron chi connectivity index (χ0n) is 17.4. The number of aromatic amines is 1. The summed E-state index contributed by atoms with van der Waals surface area (Å²) in [5.41, 5.74) is 3.84. The van der Waals surface area contributed by atoms with Gasteiger partial charge >= 0.3 is 6.03 Å². The summed E-state index contributed by atoms with van der Waals surface area (Å²) in [6, 6.07) is 23.8. The third-order valence-electron chi connectivity index (χ3n) is 4.66. The predicted octanol–water partition coefficient (Wildman–Crippen LogP) is 4.21. The van der Waals surface area contributed by atoms with Gasteiger partial charge in [0.2, 0.25) is 5.91 Å². The van der Waals surface area contributed by atoms with Crippen LogP contribution in [0.15, 0.2) is 78.9 Å². The Labute approximate surface area is 185 Å². The van der Waals surface area contributed by atoms with Crippen molar-refractivity contribution >= 4 is 23.3 Å². The maximum absolute atomic E-state index is 12.4. The van der Waals surface area contributed by atoms with E-state index in [1.807, 2.05) is 73.7 Å². The van der Waals surface area contributed by atoms with Crippen molar-refractivity contribution in [1.82, 2.24) is 20.5 Å². The molecule has 0 spiro atoms. The Morgan fingerprint density at radius 2 is 1.69 bits per heavy atom. The lowest BCUT2D eigenvalue weighted by Crippen LogP contribution is -2.35. The SMILES string of the molecule is Cc1cccc(NC(=O)NCC(=O)Nc2ccccc2-c2nc(-c3ccccc3)n[nH]2)c1. The molecular weight excluding hydrogens is 404 g/mol. The number of carbonyl (C=O) groups excluding carboxylic acids is 2. The van der Waals surface area contributed by atoms with Crippen LogP contribution in [0.2, 0.25) is 0 Å². The summed E-state index contributed by atoms with van der Waals surface area (Å²) in [5.74, 6) is 0.737. The number of nitrogens with zero attached hydrogens (tertiary/aromatic N) is 2. The lowest BCUT2D eigenvalue weighted by molar-refractivity contribution is -0.115. The van der Waals surface area contributed by atoms with Crippen LogP contribution in [-0.4, -0.2) is 33.7 Å². The average Bonchev–Trinajstić information content (AvgIpc) is 3.29. The second kappa shape index (κ2) is 9.57. The number of hydrogen-bond donors (Lipinski definition) is 4. The fourth-order valence-corrected chi connectivity index (χ4v) is 3.15. The summed E-state index contributed by atoms with van der Waals surface area (Å²) in [5, 5.41) is 15.3. The number of aromatic nitrogens is 3. The molecule has 4 aromatic rings. The van der Waals surface area contributed by atoms with Crippen molar-refractivity contribution < 1.29 is 9.59 Å². The van der Waals surface area contributed by atoms with Crippen LogP contribution < -0.4 is 16.0 Å². The standard InChI is InChI=1S/C24H22N6O2/c1-16-8-7-11-18(14-16)26-24(32)25-15-21(31)27-20-13-6-5-12-19(20)23-28-22(29-30-23)17-9-3-2-4-10-17/h2-14H,15H2,1H3,(H,27,31)(H2,25,26,32)(H,28,29,30). The summed E-state index contributed by atoms with van der Waals surface area (Å²) in [6.07, 6.45) is 0. The number of nitrogens with one attached hydrogen (secondary N) is 4. The van der Waals surface area contributed by atoms with E-state index >= 15 is 0 Å². The molecule has 1 heterocycles. The summed E-state index contributed by atoms with van der Waals surface area (Å²) in [7, 11) is 0. The van der Waals surface area contributed by atoms with Crippen molar-refractivity contribution in [3.63, 3.8) is 0 Å². The number of anilines is 2. The van der Waals surface area contributed by atoms with Gasteiger partial charge in [0.15, 0.2) is 11.6 Å². The molecule has 3 aromatic carbocycles. The number of urea groups is 1. The third kappa shape index (κ3) is 5.17. The molecule has 0 saturated heterocycles. The van der Waals surface area contributed by atoms with Crippen LogP contribution in [0.1, 0.15) is 5.56 Å². The fraction of sp³-hybridized carbons (Fsp3) is 0.0833. The minimum atomic E-state index is -0.457. The summed E-state index contributed by atoms with van der Waals surface area (Å²) < 4.78 is 0. The smallest absolute Gasteiger partial charge is 0.319 e. The van der Waals surface area contributed by atoms with E-state index in [1.165, 1.54) is 0 Å². The van der Waals surface area contributed by atoms with E-state index in [-0.39, 0.29) is 12.5 Å². The molecule has 3 amide bonds. The van der Waals surface area contributed by atoms with Gasteiger partial charge < -0.3 is 16.0 Å². The molecule has 0 bridgehead atoms. The van der Waals surface area contributed by atoms with Crippen molar-refractivity contribution in [2.24, 2.45) is 0 Å². The van der Waals surface area contributed by atoms with Gasteiger partial charge in [0.1, 0.15) is 0 Å². The van der Waals surface area contributed by atoms with Crippen LogP contribution in [0.4, 0.5) is 16.2 Å². The van der Waals surface area contributed by atoms with Gasteiger partial charge in [-0.25, -0.2) is 9.78 Å². The van der Waals surface area contributed by atoms with Gasteiger partial charge in [-0.15, -0.1) is 0 Å². The highest BCUT2D eigenvalue weighted by molar-refractivity contribution is 5.99. The normalized spacial score (nSPS) is 10.4. The molecule has 32 heavy (non-hydrogen) atoms. The van der Waals surface area contributed by atoms with E-state index in [9.17, 15) is 9.59 Å². The van der Waals surface area contributed by atoms with E-state index in [0.29, 0.717) is 28.6 Å². The van der Waals surface area contributed by atoms with Gasteiger partial charge in [0.25, 0.3) is 0 Å². The zero-order chi connectivity index (χ0) is 22.3. The Morgan fingerprint density at radius 1 is 0.906 bits per heavy atom. The molecular formula is C24H22N6O2. The Bertz CT molecular complexity index is 1240. The monoisotopic (exact) mass is 426 g/mol. The molecule has 160 valence electrons. The number of para-hydroxylation sites is 1. The summed E-state index contributed by atoms with van der Waals surface area (Å²) in [6.45, 7) is 1.75. The van der Waals surface area contributed by atoms with Crippen molar-refractivity contribution in [2.45, 2.75) is 6.92 Å². The van der Waals surface area contributed by atoms with Crippen LogP contribution >= 0.6 is 0 Å². The van der Waals surface area contributed by atoms with Gasteiger partial charge in [-0.05, 0) is 36.8 Å². The molecule has 4 N–H and O–H groups in total. The highest BCUT2D eigenvalue weighted by atomic mass is 16.2. The first kappa shape index (κ1) is 20.8. The van der Waals surface area contributed by atoms with Crippen molar-refractivity contribution in [1.29, 1.82) is 0 Å². The maximum Gasteiger partial charge on any atom is 0.319 e. The van der Waals surface area contributed by atoms with Crippen LogP contribution in [0, 0.1) is 6.92 Å². The molecule has 1 aromatic heterocycles. The van der Waals surface area contributed by atoms with E-state index in [0.717, 1.165) is 11.1 Å². The van der Waals surface area contributed by atoms with E-state index in [4.69, 9.17) is 0 Å². The van der Waals surface area contributed by atoms with Crippen molar-refractivity contribution in [3.05, 3.63) is 84.4 Å². The quantitative estimate of drug-likeness (QED) is 0.370. The molecule has 4 rings (SSSR count). The first-order chi connectivity index (χ1) is 15.6. The van der Waals surface area contributed by atoms with E-state index in [2.05, 4.69) is 31.1 Å². The fourth-order valence-electron chi connectivity index (χ4n) is 3.15. The first-order valence-electron chi connectivity index (χ1n) is 10.1. The average molecular weight is 426 g/mol. The molecule has 0 atom stereocenters. The molecule has 0 unspecified atom stereocenters. The molecule has 0 aliphatic heterocycles. The highest BCUT2D eigenvalue weighted by Gasteiger charge is 2.13. The van der Waals surface area contributed by atoms with Crippen LogP contribution in [0.3, 0.4) is 0 Å². The van der Waals surface area contributed by atoms with Crippen LogP contribution in [0.5, 0.6) is 0 Å². The summed E-state index contributed by atoms with van der Waals surface area (Å²) in [4.78, 5) is 29.1. The molecule has 0 aliphatic carbocycles. The van der Waals surface area contributed by atoms with E-state index < -0.39 is 6.03 Å². The van der Waals surface area contributed by atoms with Crippen molar-refractivity contribution in [3.8, 4) is 22.8 Å². The third-order valence-corrected chi connectivity index (χ3v) is 4.66. The topological polar surface area (TPSA) is 112 Å². The van der Waals surface area contributed by atoms with Gasteiger partial charge in [0, 0.05) is 16.8 Å². The highest BCUT2D eigenvalue weighted by Crippen LogP contribution is 2.26. The van der Waals surface area contributed by atoms with Gasteiger partial charge in [-0.3, -0.25) is 9.89 Å². The lowest BCUT2D eigenvalue weighted by Gasteiger charge is -2.11. The molecule has 0 radical (unpaired) electrons. The number of H-pyrrole nitrogens is 1. The van der Waals surface area contributed by atoms with E-state index in [1.54, 1.807) is 12.1 Å². The number of hydrogen-bond acceptors (Lipinski definition) is 4. The second-order valence-electron chi connectivity index (χ2n) is 7.14. The zero-order valence-corrected chi connectivity index (χ0v) is 17.4. The summed E-state index contributed by atoms with van der Waals surface area (Å²) >= 11 is 0. The predicted molar refractivity (Wildman–Crippen MR) is 124 cm³/mol. The Morgan fingerprint density at radius 3 is 2.50 bits per heavy atom. The first-order valence-corrected chi connectivity index (χ1v) is 10.1. The van der Waals surface area contributed by atoms with Crippen LogP contribution in [-0.2, 0) is 4.79 Å². The minimum Gasteiger partial charge on any atom is -0.329 e. The number of rotatable bonds is 6. The molecule has 8 nitrogen and oxygen atoms in total. The number of carbonyl (C=O) groups is 2. The maximum atomic E-state index is 12.4. The molecule has 0 saturated carbocycles. The number of aryl methyl sites for hydroxylation is 1. The molecule has 8 heteroatoms. The molecule has 0 fully saturated rings. The second-order valence-corrected chi connectivity index (χ2v) is 7.14. The lowest BCUT2D eigenvalue weighted by atomic mass is 10.1. The Kier molecular flexibility index (Phi) is 6.22. The molecule has 0 aliphatic rings. The number of amides is 3. The largest absolute Gasteiger partial charge is 0.329 e. The van der Waals surface area contributed by atoms with Gasteiger partial charge in [0.05, 0.1) is 12.2 Å². The Balaban J connectivity index is 1.39.